The topological polar surface area (TPSA) is 85.6 Å². The molecule has 0 saturated carbocycles. The van der Waals surface area contributed by atoms with Crippen LogP contribution in [0.4, 0.5) is 0 Å². The highest BCUT2D eigenvalue weighted by atomic mass is 35.5. The van der Waals surface area contributed by atoms with E-state index in [0.29, 0.717) is 11.1 Å². The van der Waals surface area contributed by atoms with Crippen LogP contribution in [0.1, 0.15) is 33.4 Å². The lowest BCUT2D eigenvalue weighted by molar-refractivity contribution is -0.144. The van der Waals surface area contributed by atoms with Gasteiger partial charge in [0.1, 0.15) is 11.6 Å². The highest BCUT2D eigenvalue weighted by Crippen LogP contribution is 2.25. The lowest BCUT2D eigenvalue weighted by Crippen LogP contribution is -2.40. The van der Waals surface area contributed by atoms with Gasteiger partial charge in [-0.25, -0.2) is 4.79 Å². The molecule has 1 amide bonds. The number of furan rings is 1. The smallest absolute Gasteiger partial charge is 0.328 e. The van der Waals surface area contributed by atoms with E-state index in [4.69, 9.17) is 20.8 Å². The van der Waals surface area contributed by atoms with Crippen LogP contribution in [0, 0.1) is 6.92 Å². The monoisotopic (exact) mass is 399 g/mol. The van der Waals surface area contributed by atoms with E-state index >= 15 is 0 Å². The molecule has 1 unspecified atom stereocenters. The standard InChI is InChI=1S/C21H18ClNO5/c1-12-14-7-4-6-10-18(14)28-19(12)17(24)11-27-21(26)13(2)23-20(25)15-8-3-5-9-16(15)22/h3-10,13H,11H2,1-2H3,(H,23,25). The van der Waals surface area contributed by atoms with Crippen molar-refractivity contribution in [2.75, 3.05) is 6.61 Å². The summed E-state index contributed by atoms with van der Waals surface area (Å²) in [6.07, 6.45) is 0. The molecule has 1 aromatic heterocycles. The molecular weight excluding hydrogens is 382 g/mol. The molecule has 2 aromatic carbocycles. The third-order valence-corrected chi connectivity index (χ3v) is 4.59. The molecule has 0 radical (unpaired) electrons. The highest BCUT2D eigenvalue weighted by molar-refractivity contribution is 6.33. The number of ether oxygens (including phenoxy) is 1. The maximum atomic E-state index is 12.4. The van der Waals surface area contributed by atoms with Gasteiger partial charge in [-0.3, -0.25) is 9.59 Å². The minimum Gasteiger partial charge on any atom is -0.456 e. The molecule has 7 heteroatoms. The van der Waals surface area contributed by atoms with Crippen molar-refractivity contribution in [1.29, 1.82) is 0 Å². The lowest BCUT2D eigenvalue weighted by Gasteiger charge is -2.13. The van der Waals surface area contributed by atoms with E-state index in [9.17, 15) is 14.4 Å². The van der Waals surface area contributed by atoms with Crippen LogP contribution in [-0.2, 0) is 9.53 Å². The first-order chi connectivity index (χ1) is 13.4. The molecule has 0 aliphatic carbocycles. The van der Waals surface area contributed by atoms with Crippen molar-refractivity contribution in [2.45, 2.75) is 19.9 Å². The number of halogens is 1. The number of aryl methyl sites for hydroxylation is 1. The molecule has 3 rings (SSSR count). The first kappa shape index (κ1) is 19.6. The quantitative estimate of drug-likeness (QED) is 0.501. The fraction of sp³-hybridized carbons (Fsp3) is 0.190. The Morgan fingerprint density at radius 3 is 2.50 bits per heavy atom. The Morgan fingerprint density at radius 1 is 1.11 bits per heavy atom. The van der Waals surface area contributed by atoms with E-state index in [1.807, 2.05) is 18.2 Å². The molecule has 0 fully saturated rings. The van der Waals surface area contributed by atoms with E-state index in [0.717, 1.165) is 5.39 Å². The molecule has 144 valence electrons. The number of hydrogen-bond donors (Lipinski definition) is 1. The van der Waals surface area contributed by atoms with Gasteiger partial charge in [0.15, 0.2) is 12.4 Å². The van der Waals surface area contributed by atoms with Gasteiger partial charge in [-0.2, -0.15) is 0 Å². The second-order valence-corrected chi connectivity index (χ2v) is 6.67. The van der Waals surface area contributed by atoms with Crippen LogP contribution in [0.15, 0.2) is 52.9 Å². The van der Waals surface area contributed by atoms with E-state index in [1.54, 1.807) is 37.3 Å². The maximum Gasteiger partial charge on any atom is 0.328 e. The Bertz CT molecular complexity index is 1060. The SMILES string of the molecule is Cc1c(C(=O)COC(=O)C(C)NC(=O)c2ccccc2Cl)oc2ccccc12. The van der Waals surface area contributed by atoms with Crippen molar-refractivity contribution in [3.05, 3.63) is 70.4 Å². The number of nitrogens with one attached hydrogen (secondary N) is 1. The Morgan fingerprint density at radius 2 is 1.79 bits per heavy atom. The zero-order valence-corrected chi connectivity index (χ0v) is 16.1. The fourth-order valence-corrected chi connectivity index (χ4v) is 2.97. The number of fused-ring (bicyclic) bond motifs is 1. The summed E-state index contributed by atoms with van der Waals surface area (Å²) in [7, 11) is 0. The molecule has 1 atom stereocenters. The number of benzene rings is 2. The molecule has 0 spiro atoms. The van der Waals surface area contributed by atoms with Crippen LogP contribution in [-0.4, -0.2) is 30.3 Å². The molecular formula is C21H18ClNO5. The van der Waals surface area contributed by atoms with Gasteiger partial charge < -0.3 is 14.5 Å². The van der Waals surface area contributed by atoms with Gasteiger partial charge in [0.05, 0.1) is 10.6 Å². The van der Waals surface area contributed by atoms with Crippen LogP contribution >= 0.6 is 11.6 Å². The number of rotatable bonds is 6. The number of para-hydroxylation sites is 1. The predicted octanol–water partition coefficient (Wildman–Crippen LogP) is 3.94. The van der Waals surface area contributed by atoms with Crippen molar-refractivity contribution in [1.82, 2.24) is 5.32 Å². The first-order valence-electron chi connectivity index (χ1n) is 8.62. The summed E-state index contributed by atoms with van der Waals surface area (Å²) in [5.74, 6) is -1.54. The summed E-state index contributed by atoms with van der Waals surface area (Å²) >= 11 is 5.97. The van der Waals surface area contributed by atoms with Gasteiger partial charge in [0.2, 0.25) is 5.78 Å². The second kappa shape index (κ2) is 8.27. The molecule has 28 heavy (non-hydrogen) atoms. The Kier molecular flexibility index (Phi) is 5.80. The van der Waals surface area contributed by atoms with Gasteiger partial charge in [0, 0.05) is 10.9 Å². The Hall–Kier alpha value is -3.12. The molecule has 0 aliphatic rings. The summed E-state index contributed by atoms with van der Waals surface area (Å²) in [5, 5.41) is 3.61. The van der Waals surface area contributed by atoms with Gasteiger partial charge in [0.25, 0.3) is 5.91 Å². The van der Waals surface area contributed by atoms with Crippen LogP contribution in [0.2, 0.25) is 5.02 Å². The van der Waals surface area contributed by atoms with Gasteiger partial charge >= 0.3 is 5.97 Å². The number of esters is 1. The van der Waals surface area contributed by atoms with Crippen molar-refractivity contribution in [2.24, 2.45) is 0 Å². The maximum absolute atomic E-state index is 12.4. The molecule has 1 heterocycles. The number of ketones is 1. The third kappa shape index (κ3) is 4.07. The summed E-state index contributed by atoms with van der Waals surface area (Å²) in [6, 6.07) is 12.8. The molecule has 6 nitrogen and oxygen atoms in total. The summed E-state index contributed by atoms with van der Waals surface area (Å²) in [6.45, 7) is 2.76. The number of carbonyl (C=O) groups is 3. The average molecular weight is 400 g/mol. The number of hydrogen-bond acceptors (Lipinski definition) is 5. The van der Waals surface area contributed by atoms with Crippen molar-refractivity contribution in [3.63, 3.8) is 0 Å². The zero-order valence-electron chi connectivity index (χ0n) is 15.3. The largest absolute Gasteiger partial charge is 0.456 e. The van der Waals surface area contributed by atoms with E-state index in [1.165, 1.54) is 6.92 Å². The van der Waals surface area contributed by atoms with E-state index in [2.05, 4.69) is 5.32 Å². The lowest BCUT2D eigenvalue weighted by atomic mass is 10.1. The normalized spacial score (nSPS) is 11.8. The van der Waals surface area contributed by atoms with Crippen LogP contribution in [0.5, 0.6) is 0 Å². The van der Waals surface area contributed by atoms with Crippen LogP contribution in [0.3, 0.4) is 0 Å². The van der Waals surface area contributed by atoms with Gasteiger partial charge in [-0.15, -0.1) is 0 Å². The highest BCUT2D eigenvalue weighted by Gasteiger charge is 2.23. The zero-order chi connectivity index (χ0) is 20.3. The summed E-state index contributed by atoms with van der Waals surface area (Å²) in [5.41, 5.74) is 1.53. The van der Waals surface area contributed by atoms with E-state index < -0.39 is 30.3 Å². The third-order valence-electron chi connectivity index (χ3n) is 4.26. The van der Waals surface area contributed by atoms with Gasteiger partial charge in [-0.1, -0.05) is 41.9 Å². The van der Waals surface area contributed by atoms with Crippen LogP contribution < -0.4 is 5.32 Å². The average Bonchev–Trinajstić information content (AvgIpc) is 3.03. The Labute approximate surface area is 166 Å². The van der Waals surface area contributed by atoms with E-state index in [-0.39, 0.29) is 16.3 Å². The molecule has 0 bridgehead atoms. The van der Waals surface area contributed by atoms with Crippen LogP contribution in [0.25, 0.3) is 11.0 Å². The summed E-state index contributed by atoms with van der Waals surface area (Å²) < 4.78 is 10.6. The first-order valence-corrected chi connectivity index (χ1v) is 8.99. The van der Waals surface area contributed by atoms with Crippen molar-refractivity contribution >= 4 is 40.2 Å². The fourth-order valence-electron chi connectivity index (χ4n) is 2.75. The summed E-state index contributed by atoms with van der Waals surface area (Å²) in [4.78, 5) is 36.7. The van der Waals surface area contributed by atoms with Crippen molar-refractivity contribution < 1.29 is 23.5 Å². The molecule has 3 aromatic rings. The number of carbonyl (C=O) groups excluding carboxylic acids is 3. The predicted molar refractivity (Wildman–Crippen MR) is 105 cm³/mol. The minimum atomic E-state index is -0.951. The van der Waals surface area contributed by atoms with Gasteiger partial charge in [-0.05, 0) is 32.0 Å². The molecule has 0 saturated heterocycles. The van der Waals surface area contributed by atoms with Crippen molar-refractivity contribution in [3.8, 4) is 0 Å². The Balaban J connectivity index is 1.60. The second-order valence-electron chi connectivity index (χ2n) is 6.26. The molecule has 1 N–H and O–H groups in total. The number of amides is 1. The molecule has 0 aliphatic heterocycles. The number of Topliss-reactive ketones (excluding diaryl/α,β-unsaturated/α-hetero) is 1. The minimum absolute atomic E-state index is 0.154.